The van der Waals surface area contributed by atoms with Crippen LogP contribution in [-0.2, 0) is 25.9 Å². The second kappa shape index (κ2) is 5.39. The highest BCUT2D eigenvalue weighted by Crippen LogP contribution is 2.32. The van der Waals surface area contributed by atoms with Crippen LogP contribution in [0.15, 0.2) is 18.2 Å². The van der Waals surface area contributed by atoms with E-state index in [-0.39, 0.29) is 0 Å². The normalized spacial score (nSPS) is 18.2. The maximum absolute atomic E-state index is 9.88. The molecule has 1 aromatic heterocycles. The highest BCUT2D eigenvalue weighted by molar-refractivity contribution is 5.48. The Morgan fingerprint density at radius 1 is 1.23 bits per heavy atom. The Labute approximate surface area is 128 Å². The molecule has 2 heterocycles. The van der Waals surface area contributed by atoms with Crippen molar-refractivity contribution in [2.75, 3.05) is 4.90 Å². The molecule has 2 aromatic rings. The van der Waals surface area contributed by atoms with Crippen LogP contribution in [0.2, 0.25) is 0 Å². The molecule has 0 spiro atoms. The van der Waals surface area contributed by atoms with Crippen molar-refractivity contribution in [1.29, 1.82) is 0 Å². The van der Waals surface area contributed by atoms with E-state index >= 15 is 0 Å². The number of aryl methyl sites for hydroxylation is 2. The number of imidazole rings is 1. The molecular weight excluding hydrogens is 280 g/mol. The Balaban J connectivity index is 1.63. The van der Waals surface area contributed by atoms with Gasteiger partial charge in [0.25, 0.3) is 0 Å². The number of benzene rings is 1. The summed E-state index contributed by atoms with van der Waals surface area (Å²) < 4.78 is 0. The molecular formula is C16H20N4O2. The predicted molar refractivity (Wildman–Crippen MR) is 81.4 cm³/mol. The lowest BCUT2D eigenvalue weighted by atomic mass is 10.0. The molecule has 1 aliphatic heterocycles. The summed E-state index contributed by atoms with van der Waals surface area (Å²) in [5, 5.41) is 18.9. The number of hydrogen-bond acceptors (Lipinski definition) is 5. The number of aliphatic hydroxyl groups is 1. The quantitative estimate of drug-likeness (QED) is 0.513. The summed E-state index contributed by atoms with van der Waals surface area (Å²) in [7, 11) is 0. The van der Waals surface area contributed by atoms with Crippen molar-refractivity contribution in [3.05, 3.63) is 46.3 Å². The molecule has 22 heavy (non-hydrogen) atoms. The average Bonchev–Trinajstić information content (AvgIpc) is 3.16. The van der Waals surface area contributed by atoms with Crippen LogP contribution >= 0.6 is 0 Å². The van der Waals surface area contributed by atoms with E-state index in [1.165, 1.54) is 29.8 Å². The van der Waals surface area contributed by atoms with Crippen molar-refractivity contribution in [1.82, 2.24) is 15.4 Å². The summed E-state index contributed by atoms with van der Waals surface area (Å²) >= 11 is 0. The summed E-state index contributed by atoms with van der Waals surface area (Å²) in [6.07, 6.45) is 3.54. The van der Waals surface area contributed by atoms with Gasteiger partial charge < -0.3 is 20.2 Å². The fourth-order valence-corrected chi connectivity index (χ4v) is 3.51. The van der Waals surface area contributed by atoms with Crippen LogP contribution in [0, 0.1) is 0 Å². The van der Waals surface area contributed by atoms with Crippen molar-refractivity contribution in [3.63, 3.8) is 0 Å². The standard InChI is InChI=1S/C16H20N4O2/c21-15(19-22)11-5-3-4-10-8-20(9-12(10)11)16-17-13-6-1-2-7-14(13)18-16/h3-5,15,19,21-22H,1-2,6-9H2,(H,17,18). The molecule has 4 N–H and O–H groups in total. The van der Waals surface area contributed by atoms with Crippen LogP contribution in [0.25, 0.3) is 0 Å². The van der Waals surface area contributed by atoms with E-state index in [0.717, 1.165) is 36.5 Å². The zero-order valence-electron chi connectivity index (χ0n) is 12.3. The number of H-pyrrole nitrogens is 1. The third kappa shape index (κ3) is 2.20. The van der Waals surface area contributed by atoms with Gasteiger partial charge in [0.1, 0.15) is 0 Å². The van der Waals surface area contributed by atoms with Crippen LogP contribution in [0.4, 0.5) is 5.95 Å². The molecule has 1 unspecified atom stereocenters. The second-order valence-electron chi connectivity index (χ2n) is 6.07. The lowest BCUT2D eigenvalue weighted by Gasteiger charge is -2.15. The number of nitrogens with zero attached hydrogens (tertiary/aromatic N) is 2. The smallest absolute Gasteiger partial charge is 0.203 e. The number of anilines is 1. The summed E-state index contributed by atoms with van der Waals surface area (Å²) in [6, 6.07) is 5.81. The molecule has 0 amide bonds. The Morgan fingerprint density at radius 3 is 2.91 bits per heavy atom. The molecule has 0 saturated heterocycles. The number of hydroxylamine groups is 1. The number of aromatic nitrogens is 2. The largest absolute Gasteiger partial charge is 0.372 e. The first-order chi connectivity index (χ1) is 10.8. The maximum Gasteiger partial charge on any atom is 0.203 e. The van der Waals surface area contributed by atoms with Gasteiger partial charge in [-0.3, -0.25) is 0 Å². The minimum absolute atomic E-state index is 0.691. The number of fused-ring (bicyclic) bond motifs is 2. The zero-order chi connectivity index (χ0) is 15.1. The third-order valence-corrected chi connectivity index (χ3v) is 4.68. The molecule has 4 rings (SSSR count). The van der Waals surface area contributed by atoms with Gasteiger partial charge in [0.2, 0.25) is 5.95 Å². The molecule has 2 aliphatic rings. The fourth-order valence-electron chi connectivity index (χ4n) is 3.51. The van der Waals surface area contributed by atoms with Gasteiger partial charge in [0.05, 0.1) is 5.69 Å². The second-order valence-corrected chi connectivity index (χ2v) is 6.07. The summed E-state index contributed by atoms with van der Waals surface area (Å²) in [5.41, 5.74) is 7.34. The van der Waals surface area contributed by atoms with Crippen LogP contribution < -0.4 is 10.4 Å². The minimum atomic E-state index is -1.06. The first kappa shape index (κ1) is 13.8. The third-order valence-electron chi connectivity index (χ3n) is 4.68. The number of aromatic amines is 1. The first-order valence-corrected chi connectivity index (χ1v) is 7.77. The van der Waals surface area contributed by atoms with E-state index in [1.54, 1.807) is 0 Å². The Hall–Kier alpha value is -1.89. The van der Waals surface area contributed by atoms with Gasteiger partial charge >= 0.3 is 0 Å². The lowest BCUT2D eigenvalue weighted by molar-refractivity contribution is 0.000234. The highest BCUT2D eigenvalue weighted by atomic mass is 16.5. The molecule has 0 fully saturated rings. The minimum Gasteiger partial charge on any atom is -0.372 e. The molecule has 0 radical (unpaired) electrons. The summed E-state index contributed by atoms with van der Waals surface area (Å²) in [5.74, 6) is 0.917. The Kier molecular flexibility index (Phi) is 3.37. The molecule has 1 aliphatic carbocycles. The van der Waals surface area contributed by atoms with E-state index in [1.807, 2.05) is 17.6 Å². The van der Waals surface area contributed by atoms with Crippen molar-refractivity contribution in [2.24, 2.45) is 0 Å². The number of aliphatic hydroxyl groups excluding tert-OH is 1. The lowest BCUT2D eigenvalue weighted by Crippen LogP contribution is -2.19. The highest BCUT2D eigenvalue weighted by Gasteiger charge is 2.27. The van der Waals surface area contributed by atoms with E-state index in [9.17, 15) is 5.11 Å². The number of hydrogen-bond donors (Lipinski definition) is 4. The van der Waals surface area contributed by atoms with Gasteiger partial charge in [-0.15, -0.1) is 0 Å². The molecule has 116 valence electrons. The summed E-state index contributed by atoms with van der Waals surface area (Å²) in [6.45, 7) is 1.46. The topological polar surface area (TPSA) is 84.4 Å². The van der Waals surface area contributed by atoms with E-state index in [4.69, 9.17) is 10.2 Å². The van der Waals surface area contributed by atoms with Gasteiger partial charge in [-0.25, -0.2) is 4.98 Å². The Bertz CT molecular complexity index is 674. The van der Waals surface area contributed by atoms with Crippen LogP contribution in [0.3, 0.4) is 0 Å². The van der Waals surface area contributed by atoms with Crippen LogP contribution in [0.1, 0.15) is 47.1 Å². The molecule has 6 heteroatoms. The van der Waals surface area contributed by atoms with Gasteiger partial charge in [0.15, 0.2) is 6.23 Å². The Morgan fingerprint density at radius 2 is 2.09 bits per heavy atom. The van der Waals surface area contributed by atoms with Crippen molar-refractivity contribution in [3.8, 4) is 0 Å². The van der Waals surface area contributed by atoms with E-state index < -0.39 is 6.23 Å². The first-order valence-electron chi connectivity index (χ1n) is 7.77. The average molecular weight is 300 g/mol. The molecule has 0 bridgehead atoms. The van der Waals surface area contributed by atoms with Gasteiger partial charge in [0, 0.05) is 24.3 Å². The van der Waals surface area contributed by atoms with Crippen molar-refractivity contribution in [2.45, 2.75) is 45.0 Å². The monoisotopic (exact) mass is 300 g/mol. The van der Waals surface area contributed by atoms with E-state index in [0.29, 0.717) is 6.54 Å². The van der Waals surface area contributed by atoms with E-state index in [2.05, 4.69) is 16.0 Å². The van der Waals surface area contributed by atoms with Crippen molar-refractivity contribution < 1.29 is 10.3 Å². The number of rotatable bonds is 3. The zero-order valence-corrected chi connectivity index (χ0v) is 12.3. The molecule has 1 aromatic carbocycles. The fraction of sp³-hybridized carbons (Fsp3) is 0.438. The molecule has 1 atom stereocenters. The van der Waals surface area contributed by atoms with Gasteiger partial charge in [-0.1, -0.05) is 18.2 Å². The van der Waals surface area contributed by atoms with Gasteiger partial charge in [-0.05, 0) is 36.8 Å². The SMILES string of the molecule is ONC(O)c1cccc2c1CN(c1nc3c([nH]1)CCCC3)C2. The maximum atomic E-state index is 9.88. The number of nitrogens with one attached hydrogen (secondary N) is 2. The van der Waals surface area contributed by atoms with Crippen molar-refractivity contribution >= 4 is 5.95 Å². The predicted octanol–water partition coefficient (Wildman–Crippen LogP) is 1.78. The summed E-state index contributed by atoms with van der Waals surface area (Å²) in [4.78, 5) is 10.4. The van der Waals surface area contributed by atoms with Crippen LogP contribution in [-0.4, -0.2) is 20.3 Å². The molecule has 0 saturated carbocycles. The van der Waals surface area contributed by atoms with Gasteiger partial charge in [-0.2, -0.15) is 5.48 Å². The van der Waals surface area contributed by atoms with Crippen LogP contribution in [0.5, 0.6) is 0 Å². The molecule has 6 nitrogen and oxygen atoms in total.